The van der Waals surface area contributed by atoms with Crippen LogP contribution in [-0.2, 0) is 0 Å². The number of nitrogens with one attached hydrogen (secondary N) is 1. The van der Waals surface area contributed by atoms with E-state index in [0.29, 0.717) is 0 Å². The third-order valence-corrected chi connectivity index (χ3v) is 3.83. The number of fused-ring (bicyclic) bond motifs is 1. The first-order valence-corrected chi connectivity index (χ1v) is 7.39. The van der Waals surface area contributed by atoms with Crippen molar-refractivity contribution in [2.75, 3.05) is 13.1 Å². The third kappa shape index (κ3) is 2.51. The zero-order valence-corrected chi connectivity index (χ0v) is 12.8. The molecule has 0 fully saturated rings. The zero-order chi connectivity index (χ0) is 15.0. The fourth-order valence-electron chi connectivity index (χ4n) is 2.69. The van der Waals surface area contributed by atoms with Gasteiger partial charge in [0.05, 0.1) is 11.0 Å². The first kappa shape index (κ1) is 14.0. The molecule has 1 aliphatic heterocycles. The molecular weight excluding hydrogens is 262 g/mol. The zero-order valence-electron chi connectivity index (χ0n) is 12.8. The maximum Gasteiger partial charge on any atom is 0.236 e. The highest BCUT2D eigenvalue weighted by atomic mass is 16.2. The van der Waals surface area contributed by atoms with Gasteiger partial charge < -0.3 is 5.32 Å². The summed E-state index contributed by atoms with van der Waals surface area (Å²) in [4.78, 5) is 17.2. The molecule has 3 rings (SSSR count). The van der Waals surface area contributed by atoms with Crippen LogP contribution < -0.4 is 5.32 Å². The summed E-state index contributed by atoms with van der Waals surface area (Å²) < 4.78 is 1.76. The fraction of sp³-hybridized carbons (Fsp3) is 0.412. The minimum absolute atomic E-state index is 0.0984. The maximum atomic E-state index is 12.7. The Hall–Kier alpha value is -1.94. The van der Waals surface area contributed by atoms with Crippen LogP contribution in [-0.4, -0.2) is 28.5 Å². The molecule has 0 aromatic carbocycles. The Bertz CT molecular complexity index is 719. The number of nitrogens with zero attached hydrogens (tertiary/aromatic N) is 2. The molecule has 0 atom stereocenters. The lowest BCUT2D eigenvalue weighted by Crippen LogP contribution is -2.26. The van der Waals surface area contributed by atoms with E-state index in [9.17, 15) is 4.79 Å². The summed E-state index contributed by atoms with van der Waals surface area (Å²) in [6, 6.07) is 3.85. The van der Waals surface area contributed by atoms with Gasteiger partial charge in [0.15, 0.2) is 0 Å². The van der Waals surface area contributed by atoms with Crippen molar-refractivity contribution in [2.24, 2.45) is 5.41 Å². The van der Waals surface area contributed by atoms with Crippen LogP contribution in [0.25, 0.3) is 16.6 Å². The van der Waals surface area contributed by atoms with Gasteiger partial charge in [0.25, 0.3) is 0 Å². The molecule has 0 spiro atoms. The largest absolute Gasteiger partial charge is 0.313 e. The monoisotopic (exact) mass is 283 g/mol. The van der Waals surface area contributed by atoms with Crippen molar-refractivity contribution in [1.82, 2.24) is 14.9 Å². The van der Waals surface area contributed by atoms with E-state index in [2.05, 4.69) is 16.4 Å². The second-order valence-corrected chi connectivity index (χ2v) is 6.52. The van der Waals surface area contributed by atoms with Crippen LogP contribution in [0.15, 0.2) is 30.6 Å². The van der Waals surface area contributed by atoms with E-state index in [4.69, 9.17) is 0 Å². The van der Waals surface area contributed by atoms with E-state index in [0.717, 1.165) is 36.1 Å². The van der Waals surface area contributed by atoms with Gasteiger partial charge in [0.2, 0.25) is 5.91 Å². The van der Waals surface area contributed by atoms with E-state index in [1.807, 2.05) is 39.1 Å². The highest BCUT2D eigenvalue weighted by Crippen LogP contribution is 2.30. The minimum Gasteiger partial charge on any atom is -0.313 e. The second kappa shape index (κ2) is 5.11. The number of aromatic nitrogens is 2. The summed E-state index contributed by atoms with van der Waals surface area (Å²) in [6.07, 6.45) is 6.92. The van der Waals surface area contributed by atoms with E-state index < -0.39 is 5.41 Å². The van der Waals surface area contributed by atoms with Gasteiger partial charge in [-0.1, -0.05) is 26.8 Å². The fourth-order valence-corrected chi connectivity index (χ4v) is 2.69. The quantitative estimate of drug-likeness (QED) is 0.875. The van der Waals surface area contributed by atoms with Crippen molar-refractivity contribution in [3.63, 3.8) is 0 Å². The SMILES string of the molecule is CC(C)(C)C(=O)n1cc(C2=CCNCC2)c2ncccc21. The van der Waals surface area contributed by atoms with Crippen molar-refractivity contribution in [2.45, 2.75) is 27.2 Å². The number of hydrogen-bond donors (Lipinski definition) is 1. The molecule has 0 radical (unpaired) electrons. The lowest BCUT2D eigenvalue weighted by atomic mass is 9.95. The van der Waals surface area contributed by atoms with E-state index >= 15 is 0 Å². The minimum atomic E-state index is -0.415. The maximum absolute atomic E-state index is 12.7. The first-order chi connectivity index (χ1) is 9.98. The Morgan fingerprint density at radius 1 is 1.38 bits per heavy atom. The lowest BCUT2D eigenvalue weighted by Gasteiger charge is -2.17. The van der Waals surface area contributed by atoms with Crippen molar-refractivity contribution in [3.8, 4) is 0 Å². The van der Waals surface area contributed by atoms with Crippen molar-refractivity contribution in [1.29, 1.82) is 0 Å². The standard InChI is InChI=1S/C17H21N3O/c1-17(2,3)16(21)20-11-13(12-6-9-18-10-7-12)15-14(20)5-4-8-19-15/h4-6,8,11,18H,7,9-10H2,1-3H3. The van der Waals surface area contributed by atoms with E-state index in [1.165, 1.54) is 5.57 Å². The number of carbonyl (C=O) groups is 1. The normalized spacial score (nSPS) is 16.0. The molecule has 0 unspecified atom stereocenters. The summed E-state index contributed by atoms with van der Waals surface area (Å²) in [5.41, 5.74) is 3.76. The average molecular weight is 283 g/mol. The molecule has 0 saturated heterocycles. The number of hydrogen-bond acceptors (Lipinski definition) is 3. The molecular formula is C17H21N3O. The lowest BCUT2D eigenvalue weighted by molar-refractivity contribution is 0.0772. The molecule has 0 bridgehead atoms. The van der Waals surface area contributed by atoms with Crippen LogP contribution in [0, 0.1) is 5.41 Å². The summed E-state index contributed by atoms with van der Waals surface area (Å²) in [7, 11) is 0. The summed E-state index contributed by atoms with van der Waals surface area (Å²) in [5, 5.41) is 3.32. The topological polar surface area (TPSA) is 46.9 Å². The highest BCUT2D eigenvalue weighted by molar-refractivity contribution is 5.98. The number of rotatable bonds is 1. The van der Waals surface area contributed by atoms with Gasteiger partial charge in [-0.2, -0.15) is 0 Å². The van der Waals surface area contributed by atoms with Crippen LogP contribution in [0.1, 0.15) is 37.6 Å². The Balaban J connectivity index is 2.19. The average Bonchev–Trinajstić information content (AvgIpc) is 2.86. The second-order valence-electron chi connectivity index (χ2n) is 6.52. The summed E-state index contributed by atoms with van der Waals surface area (Å²) >= 11 is 0. The highest BCUT2D eigenvalue weighted by Gasteiger charge is 2.26. The predicted octanol–water partition coefficient (Wildman–Crippen LogP) is 3.10. The molecule has 0 saturated carbocycles. The molecule has 3 heterocycles. The molecule has 1 N–H and O–H groups in total. The Morgan fingerprint density at radius 2 is 2.19 bits per heavy atom. The molecule has 4 nitrogen and oxygen atoms in total. The van der Waals surface area contributed by atoms with Crippen molar-refractivity contribution in [3.05, 3.63) is 36.2 Å². The van der Waals surface area contributed by atoms with Gasteiger partial charge in [-0.05, 0) is 30.7 Å². The van der Waals surface area contributed by atoms with Gasteiger partial charge in [0.1, 0.15) is 0 Å². The van der Waals surface area contributed by atoms with Crippen LogP contribution >= 0.6 is 0 Å². The number of pyridine rings is 1. The van der Waals surface area contributed by atoms with Gasteiger partial charge in [0, 0.05) is 29.9 Å². The van der Waals surface area contributed by atoms with Crippen molar-refractivity contribution >= 4 is 22.5 Å². The van der Waals surface area contributed by atoms with Gasteiger partial charge in [-0.3, -0.25) is 14.3 Å². The Labute approximate surface area is 124 Å². The molecule has 1 aliphatic rings. The Morgan fingerprint density at radius 3 is 2.86 bits per heavy atom. The molecule has 4 heteroatoms. The molecule has 2 aromatic heterocycles. The summed E-state index contributed by atoms with van der Waals surface area (Å²) in [6.45, 7) is 7.68. The predicted molar refractivity (Wildman–Crippen MR) is 85.3 cm³/mol. The van der Waals surface area contributed by atoms with Crippen LogP contribution in [0.4, 0.5) is 0 Å². The van der Waals surface area contributed by atoms with E-state index in [1.54, 1.807) is 10.8 Å². The van der Waals surface area contributed by atoms with Crippen LogP contribution in [0.5, 0.6) is 0 Å². The van der Waals surface area contributed by atoms with Gasteiger partial charge in [-0.25, -0.2) is 0 Å². The smallest absolute Gasteiger partial charge is 0.236 e. The van der Waals surface area contributed by atoms with E-state index in [-0.39, 0.29) is 5.91 Å². The molecule has 21 heavy (non-hydrogen) atoms. The van der Waals surface area contributed by atoms with Gasteiger partial charge in [-0.15, -0.1) is 0 Å². The Kier molecular flexibility index (Phi) is 3.41. The third-order valence-electron chi connectivity index (χ3n) is 3.83. The number of carbonyl (C=O) groups excluding carboxylic acids is 1. The molecule has 2 aromatic rings. The van der Waals surface area contributed by atoms with Crippen LogP contribution in [0.2, 0.25) is 0 Å². The molecule has 110 valence electrons. The first-order valence-electron chi connectivity index (χ1n) is 7.39. The van der Waals surface area contributed by atoms with Gasteiger partial charge >= 0.3 is 0 Å². The van der Waals surface area contributed by atoms with Crippen molar-refractivity contribution < 1.29 is 4.79 Å². The summed E-state index contributed by atoms with van der Waals surface area (Å²) in [5.74, 6) is 0.0984. The van der Waals surface area contributed by atoms with Crippen LogP contribution in [0.3, 0.4) is 0 Å². The molecule has 0 amide bonds. The molecule has 0 aliphatic carbocycles.